The first kappa shape index (κ1) is 16.0. The normalized spacial score (nSPS) is 13.7. The van der Waals surface area contributed by atoms with Crippen molar-refractivity contribution in [3.8, 4) is 5.75 Å². The molecule has 0 aliphatic heterocycles. The molecule has 0 heterocycles. The van der Waals surface area contributed by atoms with Crippen molar-refractivity contribution in [2.75, 3.05) is 28.3 Å². The summed E-state index contributed by atoms with van der Waals surface area (Å²) in [6.07, 6.45) is 1.04. The molecule has 1 N–H and O–H groups in total. The molecule has 3 nitrogen and oxygen atoms in total. The molecule has 108 valence electrons. The maximum Gasteiger partial charge on any atom is 0.123 e. The van der Waals surface area contributed by atoms with Gasteiger partial charge in [0.25, 0.3) is 0 Å². The minimum absolute atomic E-state index is 0.0385. The van der Waals surface area contributed by atoms with Crippen LogP contribution in [0.5, 0.6) is 5.75 Å². The van der Waals surface area contributed by atoms with E-state index in [9.17, 15) is 0 Å². The highest BCUT2D eigenvalue weighted by Gasteiger charge is 2.33. The van der Waals surface area contributed by atoms with Crippen molar-refractivity contribution in [3.05, 3.63) is 29.3 Å². The second-order valence-corrected chi connectivity index (χ2v) is 5.77. The van der Waals surface area contributed by atoms with Gasteiger partial charge in [0, 0.05) is 11.1 Å². The van der Waals surface area contributed by atoms with Gasteiger partial charge in [-0.05, 0) is 53.0 Å². The second kappa shape index (κ2) is 6.40. The van der Waals surface area contributed by atoms with E-state index in [4.69, 9.17) is 4.74 Å². The summed E-state index contributed by atoms with van der Waals surface area (Å²) in [5.41, 5.74) is 2.55. The van der Waals surface area contributed by atoms with Crippen LogP contribution in [0.15, 0.2) is 18.2 Å². The monoisotopic (exact) mass is 264 g/mol. The summed E-state index contributed by atoms with van der Waals surface area (Å²) >= 11 is 0. The maximum atomic E-state index is 5.56. The predicted octanol–water partition coefficient (Wildman–Crippen LogP) is 2.86. The summed E-state index contributed by atoms with van der Waals surface area (Å²) < 4.78 is 5.56. The molecule has 0 spiro atoms. The van der Waals surface area contributed by atoms with Crippen LogP contribution in [-0.4, -0.2) is 38.7 Å². The number of nitrogens with zero attached hydrogens (tertiary/aromatic N) is 1. The van der Waals surface area contributed by atoms with Gasteiger partial charge in [0.1, 0.15) is 5.75 Å². The highest BCUT2D eigenvalue weighted by atomic mass is 16.5. The Morgan fingerprint density at radius 1 is 1.32 bits per heavy atom. The van der Waals surface area contributed by atoms with Crippen molar-refractivity contribution < 1.29 is 4.74 Å². The van der Waals surface area contributed by atoms with E-state index in [-0.39, 0.29) is 11.6 Å². The molecular weight excluding hydrogens is 236 g/mol. The molecule has 0 saturated carbocycles. The summed E-state index contributed by atoms with van der Waals surface area (Å²) in [4.78, 5) is 2.24. The maximum absolute atomic E-state index is 5.56. The molecule has 1 unspecified atom stereocenters. The molecule has 0 fully saturated rings. The Morgan fingerprint density at radius 2 is 1.95 bits per heavy atom. The van der Waals surface area contributed by atoms with Crippen LogP contribution in [0.4, 0.5) is 0 Å². The molecule has 19 heavy (non-hydrogen) atoms. The van der Waals surface area contributed by atoms with Crippen molar-refractivity contribution in [2.24, 2.45) is 0 Å². The van der Waals surface area contributed by atoms with E-state index in [1.165, 1.54) is 11.1 Å². The first-order chi connectivity index (χ1) is 8.87. The van der Waals surface area contributed by atoms with Gasteiger partial charge in [0.2, 0.25) is 0 Å². The minimum Gasteiger partial charge on any atom is -0.496 e. The summed E-state index contributed by atoms with van der Waals surface area (Å²) in [6.45, 7) is 6.62. The SMILES string of the molecule is CCc1ccc(OC)c(C(N(C)C)C(C)(C)NC)c1. The van der Waals surface area contributed by atoms with Crippen LogP contribution in [0.2, 0.25) is 0 Å². The van der Waals surface area contributed by atoms with Gasteiger partial charge in [-0.2, -0.15) is 0 Å². The van der Waals surface area contributed by atoms with E-state index in [0.29, 0.717) is 0 Å². The fraction of sp³-hybridized carbons (Fsp3) is 0.625. The molecule has 0 amide bonds. The molecule has 0 aliphatic rings. The largest absolute Gasteiger partial charge is 0.496 e. The van der Waals surface area contributed by atoms with E-state index in [2.05, 4.69) is 63.3 Å². The summed E-state index contributed by atoms with van der Waals surface area (Å²) in [7, 11) is 7.97. The number of likely N-dealkylation sites (N-methyl/N-ethyl adjacent to an activating group) is 2. The first-order valence-corrected chi connectivity index (χ1v) is 6.89. The van der Waals surface area contributed by atoms with E-state index >= 15 is 0 Å². The first-order valence-electron chi connectivity index (χ1n) is 6.89. The van der Waals surface area contributed by atoms with Crippen molar-refractivity contribution in [2.45, 2.75) is 38.8 Å². The third-order valence-electron chi connectivity index (χ3n) is 3.84. The van der Waals surface area contributed by atoms with Crippen LogP contribution in [-0.2, 0) is 6.42 Å². The average molecular weight is 264 g/mol. The summed E-state index contributed by atoms with van der Waals surface area (Å²) in [6, 6.07) is 6.74. The van der Waals surface area contributed by atoms with Crippen LogP contribution in [0.3, 0.4) is 0 Å². The summed E-state index contributed by atoms with van der Waals surface area (Å²) in [5, 5.41) is 3.41. The van der Waals surface area contributed by atoms with Gasteiger partial charge in [-0.1, -0.05) is 19.1 Å². The van der Waals surface area contributed by atoms with Gasteiger partial charge < -0.3 is 15.0 Å². The Bertz CT molecular complexity index is 413. The molecule has 1 atom stereocenters. The molecule has 3 heteroatoms. The van der Waals surface area contributed by atoms with Crippen LogP contribution in [0.1, 0.15) is 37.9 Å². The zero-order chi connectivity index (χ0) is 14.6. The van der Waals surface area contributed by atoms with E-state index in [1.54, 1.807) is 7.11 Å². The Balaban J connectivity index is 3.36. The fourth-order valence-corrected chi connectivity index (χ4v) is 2.67. The lowest BCUT2D eigenvalue weighted by atomic mass is 9.86. The van der Waals surface area contributed by atoms with Crippen LogP contribution < -0.4 is 10.1 Å². The number of hydrogen-bond acceptors (Lipinski definition) is 3. The van der Waals surface area contributed by atoms with Crippen molar-refractivity contribution in [1.82, 2.24) is 10.2 Å². The fourth-order valence-electron chi connectivity index (χ4n) is 2.67. The van der Waals surface area contributed by atoms with Gasteiger partial charge >= 0.3 is 0 Å². The zero-order valence-corrected chi connectivity index (χ0v) is 13.4. The lowest BCUT2D eigenvalue weighted by molar-refractivity contribution is 0.173. The van der Waals surface area contributed by atoms with Crippen molar-refractivity contribution in [1.29, 1.82) is 0 Å². The number of methoxy groups -OCH3 is 1. The molecule has 0 aliphatic carbocycles. The third kappa shape index (κ3) is 3.48. The highest BCUT2D eigenvalue weighted by molar-refractivity contribution is 5.41. The molecular formula is C16H28N2O. The van der Waals surface area contributed by atoms with Crippen molar-refractivity contribution in [3.63, 3.8) is 0 Å². The lowest BCUT2D eigenvalue weighted by Gasteiger charge is -2.39. The lowest BCUT2D eigenvalue weighted by Crippen LogP contribution is -2.48. The number of ether oxygens (including phenoxy) is 1. The van der Waals surface area contributed by atoms with Gasteiger partial charge in [0.15, 0.2) is 0 Å². The van der Waals surface area contributed by atoms with Gasteiger partial charge in [0.05, 0.1) is 13.2 Å². The van der Waals surface area contributed by atoms with Crippen LogP contribution >= 0.6 is 0 Å². The van der Waals surface area contributed by atoms with E-state index in [1.807, 2.05) is 7.05 Å². The molecule has 0 bridgehead atoms. The Kier molecular flexibility index (Phi) is 5.39. The van der Waals surface area contributed by atoms with Crippen LogP contribution in [0, 0.1) is 0 Å². The Labute approximate surface area is 118 Å². The smallest absolute Gasteiger partial charge is 0.123 e. The number of aryl methyl sites for hydroxylation is 1. The standard InChI is InChI=1S/C16H28N2O/c1-8-12-9-10-14(19-7)13(11-12)15(18(5)6)16(2,3)17-4/h9-11,15,17H,8H2,1-7H3. The number of rotatable bonds is 6. The number of benzene rings is 1. The average Bonchev–Trinajstić information content (AvgIpc) is 2.38. The highest BCUT2D eigenvalue weighted by Crippen LogP contribution is 2.36. The van der Waals surface area contributed by atoms with Gasteiger partial charge in [-0.25, -0.2) is 0 Å². The van der Waals surface area contributed by atoms with E-state index in [0.717, 1.165) is 12.2 Å². The molecule has 1 rings (SSSR count). The number of hydrogen-bond donors (Lipinski definition) is 1. The Morgan fingerprint density at radius 3 is 2.37 bits per heavy atom. The van der Waals surface area contributed by atoms with Crippen molar-refractivity contribution >= 4 is 0 Å². The number of nitrogens with one attached hydrogen (secondary N) is 1. The summed E-state index contributed by atoms with van der Waals surface area (Å²) in [5.74, 6) is 0.958. The molecule has 0 saturated heterocycles. The van der Waals surface area contributed by atoms with Gasteiger partial charge in [-0.3, -0.25) is 0 Å². The van der Waals surface area contributed by atoms with Gasteiger partial charge in [-0.15, -0.1) is 0 Å². The molecule has 0 aromatic heterocycles. The molecule has 1 aromatic rings. The topological polar surface area (TPSA) is 24.5 Å². The Hall–Kier alpha value is -1.06. The van der Waals surface area contributed by atoms with E-state index < -0.39 is 0 Å². The molecule has 1 aromatic carbocycles. The minimum atomic E-state index is -0.0385. The van der Waals surface area contributed by atoms with Crippen LogP contribution in [0.25, 0.3) is 0 Å². The quantitative estimate of drug-likeness (QED) is 0.855. The molecule has 0 radical (unpaired) electrons. The predicted molar refractivity (Wildman–Crippen MR) is 81.9 cm³/mol. The zero-order valence-electron chi connectivity index (χ0n) is 13.4. The second-order valence-electron chi connectivity index (χ2n) is 5.77. The third-order valence-corrected chi connectivity index (χ3v) is 3.84.